The number of anilines is 1. The molecule has 130 valence electrons. The van der Waals surface area contributed by atoms with Crippen molar-refractivity contribution in [3.63, 3.8) is 0 Å². The number of aromatic nitrogens is 5. The molecule has 0 saturated carbocycles. The molecule has 1 aromatic carbocycles. The van der Waals surface area contributed by atoms with Gasteiger partial charge in [0, 0.05) is 4.88 Å². The van der Waals surface area contributed by atoms with Gasteiger partial charge in [0.05, 0.1) is 16.8 Å². The molecule has 4 aromatic rings. The smallest absolute Gasteiger partial charge is 0.158 e. The molecular formula is C18H17N7S. The molecule has 1 N–H and O–H groups in total. The highest BCUT2D eigenvalue weighted by molar-refractivity contribution is 7.18. The molecule has 0 amide bonds. The molecule has 8 heteroatoms. The lowest BCUT2D eigenvalue weighted by Gasteiger charge is -2.06. The van der Waals surface area contributed by atoms with E-state index in [1.54, 1.807) is 28.7 Å². The first-order valence-corrected chi connectivity index (χ1v) is 8.91. The second-order valence-electron chi connectivity index (χ2n) is 5.88. The fraction of sp³-hybridized carbons (Fsp3) is 0.167. The normalized spacial score (nSPS) is 11.9. The Labute approximate surface area is 154 Å². The molecule has 0 aliphatic rings. The molecule has 0 spiro atoms. The van der Waals surface area contributed by atoms with Crippen LogP contribution < -0.4 is 5.43 Å². The van der Waals surface area contributed by atoms with Crippen molar-refractivity contribution in [3.05, 3.63) is 59.3 Å². The topological polar surface area (TPSA) is 80.9 Å². The third-order valence-electron chi connectivity index (χ3n) is 4.26. The Morgan fingerprint density at radius 1 is 1.12 bits per heavy atom. The maximum Gasteiger partial charge on any atom is 0.158 e. The predicted octanol–water partition coefficient (Wildman–Crippen LogP) is 3.72. The van der Waals surface area contributed by atoms with Gasteiger partial charge in [0.2, 0.25) is 0 Å². The number of benzene rings is 1. The summed E-state index contributed by atoms with van der Waals surface area (Å²) in [4.78, 5) is 14.9. The van der Waals surface area contributed by atoms with E-state index in [9.17, 15) is 0 Å². The molecule has 0 aliphatic carbocycles. The second-order valence-corrected chi connectivity index (χ2v) is 7.08. The van der Waals surface area contributed by atoms with E-state index in [1.807, 2.05) is 31.2 Å². The fourth-order valence-electron chi connectivity index (χ4n) is 2.67. The van der Waals surface area contributed by atoms with Gasteiger partial charge in [0.15, 0.2) is 5.82 Å². The molecule has 0 atom stereocenters. The zero-order chi connectivity index (χ0) is 18.1. The molecule has 0 aliphatic heterocycles. The van der Waals surface area contributed by atoms with Gasteiger partial charge in [-0.25, -0.2) is 19.6 Å². The van der Waals surface area contributed by atoms with Gasteiger partial charge in [-0.15, -0.1) is 11.3 Å². The summed E-state index contributed by atoms with van der Waals surface area (Å²) in [5.74, 6) is 0.732. The van der Waals surface area contributed by atoms with Gasteiger partial charge in [-0.1, -0.05) is 12.1 Å². The first-order chi connectivity index (χ1) is 12.6. The Hall–Kier alpha value is -3.13. The van der Waals surface area contributed by atoms with Gasteiger partial charge in [-0.3, -0.25) is 5.43 Å². The van der Waals surface area contributed by atoms with Crippen molar-refractivity contribution in [3.8, 4) is 5.69 Å². The highest BCUT2D eigenvalue weighted by Crippen LogP contribution is 2.32. The Kier molecular flexibility index (Phi) is 4.18. The Bertz CT molecular complexity index is 1080. The minimum Gasteiger partial charge on any atom is -0.260 e. The van der Waals surface area contributed by atoms with Crippen LogP contribution >= 0.6 is 11.3 Å². The lowest BCUT2D eigenvalue weighted by molar-refractivity contribution is 0.879. The lowest BCUT2D eigenvalue weighted by Crippen LogP contribution is -2.02. The van der Waals surface area contributed by atoms with E-state index in [0.717, 1.165) is 33.0 Å². The molecule has 0 unspecified atom stereocenters. The van der Waals surface area contributed by atoms with Crippen molar-refractivity contribution in [2.45, 2.75) is 20.8 Å². The maximum atomic E-state index is 4.50. The molecule has 3 aromatic heterocycles. The van der Waals surface area contributed by atoms with Crippen LogP contribution in [-0.4, -0.2) is 30.4 Å². The summed E-state index contributed by atoms with van der Waals surface area (Å²) in [5.41, 5.74) is 7.13. The van der Waals surface area contributed by atoms with Crippen LogP contribution in [0.15, 0.2) is 48.3 Å². The molecule has 0 bridgehead atoms. The summed E-state index contributed by atoms with van der Waals surface area (Å²) >= 11 is 1.67. The number of hydrazone groups is 1. The van der Waals surface area contributed by atoms with E-state index >= 15 is 0 Å². The number of thiophene rings is 1. The van der Waals surface area contributed by atoms with Crippen LogP contribution in [0.4, 0.5) is 5.82 Å². The number of aryl methyl sites for hydroxylation is 2. The molecule has 26 heavy (non-hydrogen) atoms. The van der Waals surface area contributed by atoms with E-state index in [2.05, 4.69) is 44.4 Å². The van der Waals surface area contributed by atoms with E-state index in [-0.39, 0.29) is 0 Å². The molecule has 7 nitrogen and oxygen atoms in total. The highest BCUT2D eigenvalue weighted by Gasteiger charge is 2.11. The predicted molar refractivity (Wildman–Crippen MR) is 104 cm³/mol. The van der Waals surface area contributed by atoms with E-state index in [0.29, 0.717) is 0 Å². The van der Waals surface area contributed by atoms with Crippen LogP contribution in [0.5, 0.6) is 0 Å². The third kappa shape index (κ3) is 2.95. The fourth-order valence-corrected chi connectivity index (χ4v) is 3.66. The summed E-state index contributed by atoms with van der Waals surface area (Å²) in [5, 5.41) is 9.66. The van der Waals surface area contributed by atoms with Gasteiger partial charge in [0.1, 0.15) is 23.8 Å². The Balaban J connectivity index is 1.59. The quantitative estimate of drug-likeness (QED) is 0.441. The summed E-state index contributed by atoms with van der Waals surface area (Å²) in [6.07, 6.45) is 4.75. The molecule has 0 fully saturated rings. The van der Waals surface area contributed by atoms with Gasteiger partial charge < -0.3 is 0 Å². The zero-order valence-corrected chi connectivity index (χ0v) is 15.4. The second kappa shape index (κ2) is 6.64. The van der Waals surface area contributed by atoms with Crippen molar-refractivity contribution < 1.29 is 0 Å². The summed E-state index contributed by atoms with van der Waals surface area (Å²) in [7, 11) is 0. The van der Waals surface area contributed by atoms with E-state index in [1.165, 1.54) is 16.8 Å². The minimum absolute atomic E-state index is 0.732. The van der Waals surface area contributed by atoms with E-state index in [4.69, 9.17) is 0 Å². The number of hydrogen-bond donors (Lipinski definition) is 1. The standard InChI is InChI=1S/C18H17N7S/c1-11-13(3)26-18-16(11)17(20-9-21-18)24-23-12(2)14-4-6-15(7-5-14)25-10-19-8-22-25/h4-10H,1-3H3,(H,20,21,24)/b23-12+. The van der Waals surface area contributed by atoms with Crippen LogP contribution in [0, 0.1) is 13.8 Å². The molecule has 0 saturated heterocycles. The maximum absolute atomic E-state index is 4.50. The van der Waals surface area contributed by atoms with Crippen LogP contribution in [0.25, 0.3) is 15.9 Å². The first-order valence-electron chi connectivity index (χ1n) is 8.10. The van der Waals surface area contributed by atoms with Gasteiger partial charge >= 0.3 is 0 Å². The summed E-state index contributed by atoms with van der Waals surface area (Å²) in [6.45, 7) is 6.14. The van der Waals surface area contributed by atoms with Crippen molar-refractivity contribution in [2.75, 3.05) is 5.43 Å². The monoisotopic (exact) mass is 363 g/mol. The SMILES string of the molecule is C/C(=N\Nc1ncnc2sc(C)c(C)c12)c1ccc(-n2cncn2)cc1. The third-order valence-corrected chi connectivity index (χ3v) is 5.38. The number of hydrogen-bond acceptors (Lipinski definition) is 7. The lowest BCUT2D eigenvalue weighted by atomic mass is 10.1. The molecule has 3 heterocycles. The minimum atomic E-state index is 0.732. The van der Waals surface area contributed by atoms with Crippen LogP contribution in [0.2, 0.25) is 0 Å². The average Bonchev–Trinajstić information content (AvgIpc) is 3.29. The largest absolute Gasteiger partial charge is 0.260 e. The number of rotatable bonds is 4. The van der Waals surface area contributed by atoms with Gasteiger partial charge in [-0.2, -0.15) is 10.2 Å². The van der Waals surface area contributed by atoms with Crippen molar-refractivity contribution in [1.82, 2.24) is 24.7 Å². The summed E-state index contributed by atoms with van der Waals surface area (Å²) in [6, 6.07) is 7.98. The van der Waals surface area contributed by atoms with Crippen LogP contribution in [0.1, 0.15) is 22.9 Å². The zero-order valence-electron chi connectivity index (χ0n) is 14.6. The van der Waals surface area contributed by atoms with Crippen LogP contribution in [0.3, 0.4) is 0 Å². The summed E-state index contributed by atoms with van der Waals surface area (Å²) < 4.78 is 1.72. The van der Waals surface area contributed by atoms with Crippen LogP contribution in [-0.2, 0) is 0 Å². The van der Waals surface area contributed by atoms with Crippen molar-refractivity contribution >= 4 is 33.1 Å². The Morgan fingerprint density at radius 2 is 1.92 bits per heavy atom. The number of nitrogens with one attached hydrogen (secondary N) is 1. The molecular weight excluding hydrogens is 346 g/mol. The molecule has 0 radical (unpaired) electrons. The van der Waals surface area contributed by atoms with Crippen molar-refractivity contribution in [1.29, 1.82) is 0 Å². The number of fused-ring (bicyclic) bond motifs is 1. The van der Waals surface area contributed by atoms with Crippen molar-refractivity contribution in [2.24, 2.45) is 5.10 Å². The average molecular weight is 363 g/mol. The van der Waals surface area contributed by atoms with Gasteiger partial charge in [0.25, 0.3) is 0 Å². The molecule has 4 rings (SSSR count). The van der Waals surface area contributed by atoms with E-state index < -0.39 is 0 Å². The number of nitrogens with zero attached hydrogens (tertiary/aromatic N) is 6. The highest BCUT2D eigenvalue weighted by atomic mass is 32.1. The van der Waals surface area contributed by atoms with Gasteiger partial charge in [-0.05, 0) is 44.0 Å². The first kappa shape index (κ1) is 16.3. The Morgan fingerprint density at radius 3 is 2.65 bits per heavy atom.